The van der Waals surface area contributed by atoms with Crippen molar-refractivity contribution in [2.75, 3.05) is 0 Å². The van der Waals surface area contributed by atoms with Crippen LogP contribution in [0, 0.1) is 5.92 Å². The molecule has 18 heavy (non-hydrogen) atoms. The minimum absolute atomic E-state index is 0.263. The molecule has 1 aliphatic rings. The standard InChI is InChI=1S/C16H18O2/c1-11-4-2-3-5-12-9-13-6-7-16(17)18-15(13)10-14(12)8-11/h6-7,9-11H,2-5,8H2,1H3. The lowest BCUT2D eigenvalue weighted by Gasteiger charge is -2.19. The number of hydrogen-bond acceptors (Lipinski definition) is 2. The molecule has 1 aromatic carbocycles. The van der Waals surface area contributed by atoms with Gasteiger partial charge in [0, 0.05) is 11.5 Å². The van der Waals surface area contributed by atoms with Crippen molar-refractivity contribution in [3.05, 3.63) is 45.8 Å². The molecular weight excluding hydrogens is 224 g/mol. The fourth-order valence-electron chi connectivity index (χ4n) is 2.91. The van der Waals surface area contributed by atoms with Crippen molar-refractivity contribution in [1.82, 2.24) is 0 Å². The molecule has 0 radical (unpaired) electrons. The molecule has 3 rings (SSSR count). The molecule has 2 heteroatoms. The summed E-state index contributed by atoms with van der Waals surface area (Å²) < 4.78 is 5.28. The highest BCUT2D eigenvalue weighted by Crippen LogP contribution is 2.27. The van der Waals surface area contributed by atoms with Crippen molar-refractivity contribution >= 4 is 11.0 Å². The fraction of sp³-hybridized carbons (Fsp3) is 0.438. The summed E-state index contributed by atoms with van der Waals surface area (Å²) >= 11 is 0. The lowest BCUT2D eigenvalue weighted by atomic mass is 9.87. The fourth-order valence-corrected chi connectivity index (χ4v) is 2.91. The molecule has 0 aliphatic heterocycles. The second-order valence-electron chi connectivity index (χ2n) is 5.47. The molecule has 1 unspecified atom stereocenters. The third kappa shape index (κ3) is 2.20. The van der Waals surface area contributed by atoms with E-state index >= 15 is 0 Å². The summed E-state index contributed by atoms with van der Waals surface area (Å²) in [6.45, 7) is 2.31. The van der Waals surface area contributed by atoms with Gasteiger partial charge in [-0.25, -0.2) is 4.79 Å². The quantitative estimate of drug-likeness (QED) is 0.659. The van der Waals surface area contributed by atoms with Gasteiger partial charge in [-0.05, 0) is 54.5 Å². The van der Waals surface area contributed by atoms with Gasteiger partial charge in [0.15, 0.2) is 0 Å². The van der Waals surface area contributed by atoms with Crippen molar-refractivity contribution in [3.63, 3.8) is 0 Å². The van der Waals surface area contributed by atoms with Gasteiger partial charge >= 0.3 is 5.63 Å². The van der Waals surface area contributed by atoms with Gasteiger partial charge in [-0.1, -0.05) is 19.8 Å². The lowest BCUT2D eigenvalue weighted by Crippen LogP contribution is -2.07. The van der Waals surface area contributed by atoms with E-state index in [0.29, 0.717) is 0 Å². The molecule has 0 N–H and O–H groups in total. The number of rotatable bonds is 0. The maximum Gasteiger partial charge on any atom is 0.336 e. The van der Waals surface area contributed by atoms with E-state index in [1.165, 1.54) is 36.5 Å². The minimum Gasteiger partial charge on any atom is -0.423 e. The normalized spacial score (nSPS) is 20.2. The number of benzene rings is 1. The highest BCUT2D eigenvalue weighted by molar-refractivity contribution is 5.78. The average Bonchev–Trinajstić information content (AvgIpc) is 2.32. The maximum atomic E-state index is 11.3. The summed E-state index contributed by atoms with van der Waals surface area (Å²) in [6.07, 6.45) is 6.14. The van der Waals surface area contributed by atoms with Crippen molar-refractivity contribution < 1.29 is 4.42 Å². The summed E-state index contributed by atoms with van der Waals surface area (Å²) in [5.74, 6) is 0.719. The van der Waals surface area contributed by atoms with E-state index in [2.05, 4.69) is 19.1 Å². The Kier molecular flexibility index (Phi) is 2.94. The number of hydrogen-bond donors (Lipinski definition) is 0. The Bertz CT molecular complexity index is 625. The third-order valence-corrected chi connectivity index (χ3v) is 3.90. The van der Waals surface area contributed by atoms with Gasteiger partial charge in [-0.15, -0.1) is 0 Å². The van der Waals surface area contributed by atoms with E-state index in [0.717, 1.165) is 29.7 Å². The zero-order valence-electron chi connectivity index (χ0n) is 10.7. The molecule has 94 valence electrons. The maximum absolute atomic E-state index is 11.3. The van der Waals surface area contributed by atoms with Crippen LogP contribution < -0.4 is 5.63 Å². The highest BCUT2D eigenvalue weighted by Gasteiger charge is 2.13. The first-order valence-electron chi connectivity index (χ1n) is 6.78. The highest BCUT2D eigenvalue weighted by atomic mass is 16.4. The van der Waals surface area contributed by atoms with E-state index in [4.69, 9.17) is 4.42 Å². The second kappa shape index (κ2) is 4.60. The van der Waals surface area contributed by atoms with E-state index in [-0.39, 0.29) is 5.63 Å². The van der Waals surface area contributed by atoms with Crippen molar-refractivity contribution in [2.24, 2.45) is 5.92 Å². The predicted octanol–water partition coefficient (Wildman–Crippen LogP) is 3.70. The topological polar surface area (TPSA) is 30.2 Å². The number of fused-ring (bicyclic) bond motifs is 2. The van der Waals surface area contributed by atoms with E-state index in [1.807, 2.05) is 6.07 Å². The van der Waals surface area contributed by atoms with Crippen LogP contribution in [0.25, 0.3) is 11.0 Å². The van der Waals surface area contributed by atoms with Gasteiger partial charge in [-0.2, -0.15) is 0 Å². The van der Waals surface area contributed by atoms with E-state index in [9.17, 15) is 4.79 Å². The molecule has 1 aliphatic carbocycles. The monoisotopic (exact) mass is 242 g/mol. The molecule has 2 aromatic rings. The van der Waals surface area contributed by atoms with Gasteiger partial charge in [0.05, 0.1) is 0 Å². The van der Waals surface area contributed by atoms with Gasteiger partial charge in [0.2, 0.25) is 0 Å². The van der Waals surface area contributed by atoms with E-state index < -0.39 is 0 Å². The summed E-state index contributed by atoms with van der Waals surface area (Å²) in [7, 11) is 0. The van der Waals surface area contributed by atoms with Crippen LogP contribution >= 0.6 is 0 Å². The molecule has 0 amide bonds. The Morgan fingerprint density at radius 1 is 1.17 bits per heavy atom. The lowest BCUT2D eigenvalue weighted by molar-refractivity contribution is 0.480. The Labute approximate surface area is 107 Å². The summed E-state index contributed by atoms with van der Waals surface area (Å²) in [4.78, 5) is 11.3. The number of aryl methyl sites for hydroxylation is 1. The molecule has 1 heterocycles. The molecule has 1 aromatic heterocycles. The zero-order valence-corrected chi connectivity index (χ0v) is 10.7. The van der Waals surface area contributed by atoms with Crippen LogP contribution in [0.5, 0.6) is 0 Å². The van der Waals surface area contributed by atoms with Crippen molar-refractivity contribution in [2.45, 2.75) is 39.0 Å². The van der Waals surface area contributed by atoms with Gasteiger partial charge < -0.3 is 4.42 Å². The molecule has 2 nitrogen and oxygen atoms in total. The molecule has 1 atom stereocenters. The average molecular weight is 242 g/mol. The van der Waals surface area contributed by atoms with Crippen LogP contribution in [0.2, 0.25) is 0 Å². The molecule has 0 spiro atoms. The van der Waals surface area contributed by atoms with Crippen LogP contribution in [0.3, 0.4) is 0 Å². The Morgan fingerprint density at radius 3 is 2.94 bits per heavy atom. The zero-order chi connectivity index (χ0) is 12.5. The molecule has 0 fully saturated rings. The molecule has 0 bridgehead atoms. The largest absolute Gasteiger partial charge is 0.423 e. The first kappa shape index (κ1) is 11.5. The molecule has 0 saturated carbocycles. The Morgan fingerprint density at radius 2 is 2.06 bits per heavy atom. The van der Waals surface area contributed by atoms with Gasteiger partial charge in [0.25, 0.3) is 0 Å². The summed E-state index contributed by atoms with van der Waals surface area (Å²) in [6, 6.07) is 7.64. The van der Waals surface area contributed by atoms with E-state index in [1.54, 1.807) is 0 Å². The Hall–Kier alpha value is -1.57. The molecular formula is C16H18O2. The Balaban J connectivity index is 2.15. The van der Waals surface area contributed by atoms with Crippen LogP contribution in [0.1, 0.15) is 37.3 Å². The molecule has 0 saturated heterocycles. The van der Waals surface area contributed by atoms with Crippen LogP contribution in [0.15, 0.2) is 33.5 Å². The van der Waals surface area contributed by atoms with Crippen LogP contribution in [-0.4, -0.2) is 0 Å². The summed E-state index contributed by atoms with van der Waals surface area (Å²) in [5.41, 5.74) is 3.27. The van der Waals surface area contributed by atoms with Crippen molar-refractivity contribution in [3.8, 4) is 0 Å². The minimum atomic E-state index is -0.263. The third-order valence-electron chi connectivity index (χ3n) is 3.90. The first-order chi connectivity index (χ1) is 8.72. The van der Waals surface area contributed by atoms with Gasteiger partial charge in [-0.3, -0.25) is 0 Å². The summed E-state index contributed by atoms with van der Waals surface area (Å²) in [5, 5.41) is 1.04. The van der Waals surface area contributed by atoms with Gasteiger partial charge in [0.1, 0.15) is 5.58 Å². The first-order valence-corrected chi connectivity index (χ1v) is 6.78. The van der Waals surface area contributed by atoms with Crippen molar-refractivity contribution in [1.29, 1.82) is 0 Å². The second-order valence-corrected chi connectivity index (χ2v) is 5.47. The SMILES string of the molecule is CC1CCCCc2cc3ccc(=O)oc3cc2C1. The van der Waals surface area contributed by atoms with Crippen LogP contribution in [0.4, 0.5) is 0 Å². The van der Waals surface area contributed by atoms with Crippen LogP contribution in [-0.2, 0) is 12.8 Å². The smallest absolute Gasteiger partial charge is 0.336 e. The predicted molar refractivity (Wildman–Crippen MR) is 72.9 cm³/mol.